The van der Waals surface area contributed by atoms with Crippen LogP contribution in [0.2, 0.25) is 10.0 Å². The molecule has 2 aliphatic rings. The van der Waals surface area contributed by atoms with Gasteiger partial charge in [-0.3, -0.25) is 14.5 Å². The molecule has 0 aromatic heterocycles. The number of nitrogens with zero attached hydrogens (tertiary/aromatic N) is 1. The third kappa shape index (κ3) is 5.20. The Morgan fingerprint density at radius 3 is 2.41 bits per heavy atom. The second kappa shape index (κ2) is 10.1. The van der Waals surface area contributed by atoms with Gasteiger partial charge in [0.1, 0.15) is 5.75 Å². The second-order valence-electron chi connectivity index (χ2n) is 8.43. The molecule has 2 fully saturated rings. The number of halogens is 2. The van der Waals surface area contributed by atoms with Gasteiger partial charge in [-0.2, -0.15) is 0 Å². The van der Waals surface area contributed by atoms with Crippen molar-refractivity contribution in [1.29, 1.82) is 0 Å². The lowest BCUT2D eigenvalue weighted by Gasteiger charge is -2.48. The molecule has 2 unspecified atom stereocenters. The van der Waals surface area contributed by atoms with Crippen molar-refractivity contribution < 1.29 is 14.3 Å². The zero-order valence-electron chi connectivity index (χ0n) is 17.9. The predicted octanol–water partition coefficient (Wildman–Crippen LogP) is 4.76. The number of hydrogen-bond donors (Lipinski definition) is 2. The number of piperidine rings is 2. The number of hydrogen-bond acceptors (Lipinski definition) is 4. The minimum atomic E-state index is -0.105. The van der Waals surface area contributed by atoms with Crippen LogP contribution in [0.1, 0.15) is 42.5 Å². The maximum atomic E-state index is 12.7. The van der Waals surface area contributed by atoms with E-state index >= 15 is 0 Å². The van der Waals surface area contributed by atoms with Crippen LogP contribution in [0.25, 0.3) is 0 Å². The minimum absolute atomic E-state index is 0.0717. The molecule has 6 nitrogen and oxygen atoms in total. The van der Waals surface area contributed by atoms with Crippen molar-refractivity contribution >= 4 is 40.7 Å². The molecule has 0 saturated carbocycles. The van der Waals surface area contributed by atoms with Crippen LogP contribution in [-0.2, 0) is 4.79 Å². The van der Waals surface area contributed by atoms with Crippen LogP contribution in [0.5, 0.6) is 5.75 Å². The Hall–Kier alpha value is -2.28. The lowest BCUT2D eigenvalue weighted by Crippen LogP contribution is -2.58. The van der Waals surface area contributed by atoms with E-state index in [-0.39, 0.29) is 29.9 Å². The number of carbonyl (C=O) groups excluding carboxylic acids is 2. The molecule has 2 atom stereocenters. The largest absolute Gasteiger partial charge is 0.497 e. The highest BCUT2D eigenvalue weighted by Crippen LogP contribution is 2.34. The number of amides is 2. The Morgan fingerprint density at radius 1 is 1.06 bits per heavy atom. The van der Waals surface area contributed by atoms with Crippen molar-refractivity contribution in [3.63, 3.8) is 0 Å². The number of anilines is 1. The van der Waals surface area contributed by atoms with E-state index in [9.17, 15) is 9.59 Å². The lowest BCUT2D eigenvalue weighted by molar-refractivity contribution is -0.120. The molecule has 0 aliphatic carbocycles. The maximum Gasteiger partial charge on any atom is 0.251 e. The van der Waals surface area contributed by atoms with E-state index in [1.54, 1.807) is 49.6 Å². The fraction of sp³-hybridized carbons (Fsp3) is 0.417. The molecule has 2 amide bonds. The van der Waals surface area contributed by atoms with Crippen molar-refractivity contribution in [3.8, 4) is 5.75 Å². The number of rotatable bonds is 6. The van der Waals surface area contributed by atoms with Crippen molar-refractivity contribution in [3.05, 3.63) is 58.1 Å². The average molecular weight is 476 g/mol. The van der Waals surface area contributed by atoms with Gasteiger partial charge in [-0.1, -0.05) is 35.7 Å². The van der Waals surface area contributed by atoms with Crippen LogP contribution < -0.4 is 15.4 Å². The molecule has 2 aliphatic heterocycles. The quantitative estimate of drug-likeness (QED) is 0.631. The first-order valence-corrected chi connectivity index (χ1v) is 11.6. The summed E-state index contributed by atoms with van der Waals surface area (Å²) in [5.74, 6) is 0.547. The molecule has 2 heterocycles. The van der Waals surface area contributed by atoms with Crippen molar-refractivity contribution in [2.24, 2.45) is 0 Å². The Bertz CT molecular complexity index is 969. The van der Waals surface area contributed by atoms with Gasteiger partial charge in [0.15, 0.2) is 0 Å². The number of carbonyl (C=O) groups is 2. The molecule has 0 radical (unpaired) electrons. The van der Waals surface area contributed by atoms with E-state index in [4.69, 9.17) is 27.9 Å². The van der Waals surface area contributed by atoms with Crippen molar-refractivity contribution in [2.75, 3.05) is 19.0 Å². The number of benzene rings is 2. The van der Waals surface area contributed by atoms with E-state index < -0.39 is 0 Å². The molecule has 2 aromatic carbocycles. The summed E-state index contributed by atoms with van der Waals surface area (Å²) < 4.78 is 5.16. The molecule has 0 spiro atoms. The van der Waals surface area contributed by atoms with Gasteiger partial charge < -0.3 is 15.4 Å². The molecular weight excluding hydrogens is 449 g/mol. The van der Waals surface area contributed by atoms with Crippen molar-refractivity contribution in [2.45, 2.75) is 50.2 Å². The van der Waals surface area contributed by atoms with E-state index in [1.807, 2.05) is 0 Å². The van der Waals surface area contributed by atoms with Crippen LogP contribution in [0, 0.1) is 0 Å². The molecular formula is C24H27Cl2N3O3. The van der Waals surface area contributed by atoms with Gasteiger partial charge in [0, 0.05) is 23.7 Å². The summed E-state index contributed by atoms with van der Waals surface area (Å²) in [7, 11) is 1.60. The molecule has 4 rings (SSSR count). The summed E-state index contributed by atoms with van der Waals surface area (Å²) in [6, 6.07) is 13.0. The Morgan fingerprint density at radius 2 is 1.75 bits per heavy atom. The Labute approximate surface area is 198 Å². The highest BCUT2D eigenvalue weighted by molar-refractivity contribution is 6.44. The number of ether oxygens (including phenoxy) is 1. The summed E-state index contributed by atoms with van der Waals surface area (Å²) in [5.41, 5.74) is 1.15. The van der Waals surface area contributed by atoms with E-state index in [1.165, 1.54) is 0 Å². The summed E-state index contributed by atoms with van der Waals surface area (Å²) in [6.45, 7) is 0.303. The Kier molecular flexibility index (Phi) is 7.23. The summed E-state index contributed by atoms with van der Waals surface area (Å²) in [5, 5.41) is 6.84. The first-order valence-electron chi connectivity index (χ1n) is 10.9. The standard InChI is InChI=1S/C24H27Cl2N3O3/c1-32-19-10-8-15(9-11-19)24(31)27-16-12-17-4-2-5-18(13-16)29(17)14-22(30)28-21-7-3-6-20(25)23(21)26/h3,6-11,16-18H,2,4-5,12-14H2,1H3,(H,27,31)(H,28,30). The summed E-state index contributed by atoms with van der Waals surface area (Å²) in [6.07, 6.45) is 4.87. The maximum absolute atomic E-state index is 12.7. The van der Waals surface area contributed by atoms with Crippen LogP contribution >= 0.6 is 23.2 Å². The molecule has 2 saturated heterocycles. The number of methoxy groups -OCH3 is 1. The van der Waals surface area contributed by atoms with E-state index in [0.29, 0.717) is 27.8 Å². The molecule has 2 bridgehead atoms. The van der Waals surface area contributed by atoms with Crippen LogP contribution in [0.15, 0.2) is 42.5 Å². The van der Waals surface area contributed by atoms with Gasteiger partial charge in [0.2, 0.25) is 5.91 Å². The highest BCUT2D eigenvalue weighted by Gasteiger charge is 2.39. The topological polar surface area (TPSA) is 70.7 Å². The second-order valence-corrected chi connectivity index (χ2v) is 9.22. The first-order chi connectivity index (χ1) is 15.4. The van der Waals surface area contributed by atoms with Crippen LogP contribution in [0.3, 0.4) is 0 Å². The number of nitrogens with one attached hydrogen (secondary N) is 2. The van der Waals surface area contributed by atoms with Gasteiger partial charge in [0.05, 0.1) is 29.4 Å². The smallest absolute Gasteiger partial charge is 0.251 e. The van der Waals surface area contributed by atoms with Crippen molar-refractivity contribution in [1.82, 2.24) is 10.2 Å². The lowest BCUT2D eigenvalue weighted by atomic mass is 9.81. The molecule has 32 heavy (non-hydrogen) atoms. The summed E-state index contributed by atoms with van der Waals surface area (Å²) >= 11 is 12.3. The monoisotopic (exact) mass is 475 g/mol. The van der Waals surface area contributed by atoms with Gasteiger partial charge in [-0.05, 0) is 62.1 Å². The van der Waals surface area contributed by atoms with Gasteiger partial charge in [-0.25, -0.2) is 0 Å². The van der Waals surface area contributed by atoms with Gasteiger partial charge in [-0.15, -0.1) is 0 Å². The molecule has 8 heteroatoms. The van der Waals surface area contributed by atoms with Gasteiger partial charge >= 0.3 is 0 Å². The zero-order chi connectivity index (χ0) is 22.7. The van der Waals surface area contributed by atoms with Crippen LogP contribution in [-0.4, -0.2) is 48.5 Å². The predicted molar refractivity (Wildman–Crippen MR) is 127 cm³/mol. The SMILES string of the molecule is COc1ccc(C(=O)NC2CC3CCCC(C2)N3CC(=O)Nc2cccc(Cl)c2Cl)cc1. The fourth-order valence-electron chi connectivity index (χ4n) is 4.82. The summed E-state index contributed by atoms with van der Waals surface area (Å²) in [4.78, 5) is 27.7. The van der Waals surface area contributed by atoms with Gasteiger partial charge in [0.25, 0.3) is 5.91 Å². The van der Waals surface area contributed by atoms with E-state index in [2.05, 4.69) is 15.5 Å². The highest BCUT2D eigenvalue weighted by atomic mass is 35.5. The third-order valence-corrected chi connectivity index (χ3v) is 7.18. The molecule has 170 valence electrons. The Balaban J connectivity index is 1.36. The number of fused-ring (bicyclic) bond motifs is 2. The average Bonchev–Trinajstić information content (AvgIpc) is 2.77. The molecule has 2 aromatic rings. The first kappa shape index (κ1) is 22.9. The third-order valence-electron chi connectivity index (χ3n) is 6.37. The zero-order valence-corrected chi connectivity index (χ0v) is 19.5. The minimum Gasteiger partial charge on any atom is -0.497 e. The van der Waals surface area contributed by atoms with Crippen LogP contribution in [0.4, 0.5) is 5.69 Å². The fourth-order valence-corrected chi connectivity index (χ4v) is 5.17. The normalized spacial score (nSPS) is 22.8. The van der Waals surface area contributed by atoms with E-state index in [0.717, 1.165) is 37.9 Å². The molecule has 2 N–H and O–H groups in total.